The smallest absolute Gasteiger partial charge is 0.241 e. The minimum Gasteiger partial charge on any atom is -0.397 e. The molecule has 3 N–H and O–H groups in total. The highest BCUT2D eigenvalue weighted by molar-refractivity contribution is 5.81. The van der Waals surface area contributed by atoms with Gasteiger partial charge in [-0.2, -0.15) is 5.26 Å². The lowest BCUT2D eigenvalue weighted by molar-refractivity contribution is -0.128. The molecule has 6 nitrogen and oxygen atoms in total. The number of carbonyl (C=O) groups excluding carboxylic acids is 1. The van der Waals surface area contributed by atoms with Crippen molar-refractivity contribution in [1.82, 2.24) is 9.88 Å². The molecule has 0 saturated carbocycles. The second-order valence-corrected chi connectivity index (χ2v) is 4.22. The molecule has 1 amide bonds. The zero-order chi connectivity index (χ0) is 13.0. The zero-order valence-electron chi connectivity index (χ0n) is 10.0. The van der Waals surface area contributed by atoms with E-state index in [0.717, 1.165) is 25.9 Å². The lowest BCUT2D eigenvalue weighted by Crippen LogP contribution is -2.33. The van der Waals surface area contributed by atoms with Crippen LogP contribution in [0.1, 0.15) is 18.4 Å². The first-order valence-corrected chi connectivity index (χ1v) is 5.88. The van der Waals surface area contributed by atoms with Crippen molar-refractivity contribution in [2.24, 2.45) is 0 Å². The van der Waals surface area contributed by atoms with Crippen LogP contribution in [0.2, 0.25) is 0 Å². The summed E-state index contributed by atoms with van der Waals surface area (Å²) in [6, 6.07) is 3.54. The number of hydrogen-bond acceptors (Lipinski definition) is 5. The Hall–Kier alpha value is -2.29. The molecule has 1 saturated heterocycles. The van der Waals surface area contributed by atoms with E-state index < -0.39 is 0 Å². The summed E-state index contributed by atoms with van der Waals surface area (Å²) < 4.78 is 0. The number of amides is 1. The third-order valence-electron chi connectivity index (χ3n) is 2.90. The van der Waals surface area contributed by atoms with Gasteiger partial charge >= 0.3 is 0 Å². The van der Waals surface area contributed by atoms with Gasteiger partial charge in [-0.05, 0) is 18.9 Å². The molecule has 18 heavy (non-hydrogen) atoms. The molecule has 0 spiro atoms. The first-order valence-electron chi connectivity index (χ1n) is 5.88. The second-order valence-electron chi connectivity index (χ2n) is 4.22. The molecule has 0 bridgehead atoms. The van der Waals surface area contributed by atoms with E-state index in [0.29, 0.717) is 17.1 Å². The Morgan fingerprint density at radius 1 is 1.56 bits per heavy atom. The van der Waals surface area contributed by atoms with Gasteiger partial charge in [0.1, 0.15) is 11.9 Å². The summed E-state index contributed by atoms with van der Waals surface area (Å²) in [4.78, 5) is 17.6. The number of likely N-dealkylation sites (tertiary alicyclic amines) is 1. The third-order valence-corrected chi connectivity index (χ3v) is 2.90. The first kappa shape index (κ1) is 12.2. The molecule has 0 aromatic carbocycles. The monoisotopic (exact) mass is 245 g/mol. The lowest BCUT2D eigenvalue weighted by Gasteiger charge is -2.16. The molecule has 94 valence electrons. The molecule has 1 fully saturated rings. The Morgan fingerprint density at radius 2 is 2.28 bits per heavy atom. The number of nitrogen functional groups attached to an aromatic ring is 1. The Labute approximate surface area is 105 Å². The number of nitrogens with two attached hydrogens (primary N) is 1. The van der Waals surface area contributed by atoms with Crippen LogP contribution in [0.25, 0.3) is 0 Å². The van der Waals surface area contributed by atoms with Gasteiger partial charge in [-0.15, -0.1) is 0 Å². The van der Waals surface area contributed by atoms with E-state index in [9.17, 15) is 4.79 Å². The van der Waals surface area contributed by atoms with Crippen LogP contribution in [0.3, 0.4) is 0 Å². The number of anilines is 2. The predicted molar refractivity (Wildman–Crippen MR) is 67.7 cm³/mol. The number of hydrogen-bond donors (Lipinski definition) is 2. The molecule has 2 heterocycles. The van der Waals surface area contributed by atoms with Crippen LogP contribution in [0.4, 0.5) is 11.5 Å². The quantitative estimate of drug-likeness (QED) is 0.811. The van der Waals surface area contributed by atoms with Crippen LogP contribution >= 0.6 is 0 Å². The summed E-state index contributed by atoms with van der Waals surface area (Å²) in [6.45, 7) is 1.80. The van der Waals surface area contributed by atoms with E-state index in [4.69, 9.17) is 11.0 Å². The van der Waals surface area contributed by atoms with Crippen molar-refractivity contribution in [1.29, 1.82) is 5.26 Å². The number of aromatic nitrogens is 1. The van der Waals surface area contributed by atoms with Crippen molar-refractivity contribution in [2.45, 2.75) is 12.8 Å². The van der Waals surface area contributed by atoms with Crippen molar-refractivity contribution in [3.05, 3.63) is 17.8 Å². The summed E-state index contributed by atoms with van der Waals surface area (Å²) >= 11 is 0. The van der Waals surface area contributed by atoms with Crippen molar-refractivity contribution in [3.8, 4) is 6.07 Å². The molecule has 1 aliphatic rings. The number of nitriles is 1. The summed E-state index contributed by atoms with van der Waals surface area (Å²) in [5.41, 5.74) is 6.33. The molecule has 1 aromatic heterocycles. The molecule has 1 aromatic rings. The van der Waals surface area contributed by atoms with E-state index in [1.165, 1.54) is 12.3 Å². The van der Waals surface area contributed by atoms with Gasteiger partial charge in [0.05, 0.1) is 24.0 Å². The van der Waals surface area contributed by atoms with E-state index in [2.05, 4.69) is 10.3 Å². The molecular formula is C12H15N5O. The minimum atomic E-state index is 0.0371. The summed E-state index contributed by atoms with van der Waals surface area (Å²) in [7, 11) is 0. The molecule has 1 aliphatic heterocycles. The van der Waals surface area contributed by atoms with E-state index >= 15 is 0 Å². The Morgan fingerprint density at radius 3 is 2.94 bits per heavy atom. The van der Waals surface area contributed by atoms with Gasteiger partial charge in [-0.25, -0.2) is 4.98 Å². The van der Waals surface area contributed by atoms with Crippen molar-refractivity contribution in [3.63, 3.8) is 0 Å². The maximum atomic E-state index is 11.8. The fourth-order valence-corrected chi connectivity index (χ4v) is 1.94. The van der Waals surface area contributed by atoms with Gasteiger partial charge in [0.15, 0.2) is 0 Å². The van der Waals surface area contributed by atoms with Gasteiger partial charge in [-0.3, -0.25) is 4.79 Å². The molecular weight excluding hydrogens is 230 g/mol. The highest BCUT2D eigenvalue weighted by Gasteiger charge is 2.17. The number of nitrogens with zero attached hydrogens (tertiary/aromatic N) is 3. The largest absolute Gasteiger partial charge is 0.397 e. The van der Waals surface area contributed by atoms with Crippen LogP contribution in [-0.2, 0) is 4.79 Å². The number of carbonyl (C=O) groups is 1. The number of rotatable bonds is 3. The van der Waals surface area contributed by atoms with Gasteiger partial charge in [0.25, 0.3) is 0 Å². The Bertz CT molecular complexity index is 488. The second kappa shape index (κ2) is 5.36. The van der Waals surface area contributed by atoms with Crippen LogP contribution in [0, 0.1) is 11.3 Å². The SMILES string of the molecule is N#Cc1cc(N)cnc1NCC(=O)N1CCCC1. The molecule has 0 atom stereocenters. The molecule has 2 rings (SSSR count). The van der Waals surface area contributed by atoms with Crippen LogP contribution in [0.15, 0.2) is 12.3 Å². The van der Waals surface area contributed by atoms with Gasteiger partial charge < -0.3 is 16.0 Å². The van der Waals surface area contributed by atoms with Gasteiger partial charge in [-0.1, -0.05) is 0 Å². The van der Waals surface area contributed by atoms with E-state index in [-0.39, 0.29) is 12.5 Å². The predicted octanol–water partition coefficient (Wildman–Crippen LogP) is 0.570. The first-order chi connectivity index (χ1) is 8.70. The van der Waals surface area contributed by atoms with Crippen LogP contribution < -0.4 is 11.1 Å². The van der Waals surface area contributed by atoms with E-state index in [1.54, 1.807) is 0 Å². The lowest BCUT2D eigenvalue weighted by atomic mass is 10.2. The average molecular weight is 245 g/mol. The fourth-order valence-electron chi connectivity index (χ4n) is 1.94. The minimum absolute atomic E-state index is 0.0371. The summed E-state index contributed by atoms with van der Waals surface area (Å²) in [6.07, 6.45) is 3.59. The van der Waals surface area contributed by atoms with Crippen molar-refractivity contribution in [2.75, 3.05) is 30.7 Å². The molecule has 0 aliphatic carbocycles. The highest BCUT2D eigenvalue weighted by Crippen LogP contribution is 2.14. The van der Waals surface area contributed by atoms with E-state index in [1.807, 2.05) is 11.0 Å². The van der Waals surface area contributed by atoms with Crippen LogP contribution in [-0.4, -0.2) is 35.4 Å². The number of nitrogens with one attached hydrogen (secondary N) is 1. The molecule has 0 radical (unpaired) electrons. The normalized spacial score (nSPS) is 14.3. The highest BCUT2D eigenvalue weighted by atomic mass is 16.2. The molecule has 0 unspecified atom stereocenters. The fraction of sp³-hybridized carbons (Fsp3) is 0.417. The number of pyridine rings is 1. The van der Waals surface area contributed by atoms with Crippen molar-refractivity contribution >= 4 is 17.4 Å². The van der Waals surface area contributed by atoms with Gasteiger partial charge in [0, 0.05) is 13.1 Å². The Kier molecular flexibility index (Phi) is 3.63. The third kappa shape index (κ3) is 2.69. The van der Waals surface area contributed by atoms with Crippen LogP contribution in [0.5, 0.6) is 0 Å². The topological polar surface area (TPSA) is 95.0 Å². The summed E-state index contributed by atoms with van der Waals surface area (Å²) in [5.74, 6) is 0.439. The standard InChI is InChI=1S/C12H15N5O/c13-6-9-5-10(14)7-15-12(9)16-8-11(18)17-3-1-2-4-17/h5,7H,1-4,8,14H2,(H,15,16). The average Bonchev–Trinajstić information content (AvgIpc) is 2.90. The maximum absolute atomic E-state index is 11.8. The summed E-state index contributed by atoms with van der Waals surface area (Å²) in [5, 5.41) is 11.8. The molecule has 6 heteroatoms. The Balaban J connectivity index is 1.97. The maximum Gasteiger partial charge on any atom is 0.241 e. The van der Waals surface area contributed by atoms with Crippen molar-refractivity contribution < 1.29 is 4.79 Å². The van der Waals surface area contributed by atoms with Gasteiger partial charge in [0.2, 0.25) is 5.91 Å². The zero-order valence-corrected chi connectivity index (χ0v) is 10.0.